The molecule has 1 aliphatic carbocycles. The number of ether oxygens (including phenoxy) is 1. The summed E-state index contributed by atoms with van der Waals surface area (Å²) >= 11 is 0. The average Bonchev–Trinajstić information content (AvgIpc) is 3.27. The molecular weight excluding hydrogens is 250 g/mol. The van der Waals surface area contributed by atoms with E-state index in [1.165, 1.54) is 24.2 Å². The van der Waals surface area contributed by atoms with Crippen LogP contribution in [0.5, 0.6) is 0 Å². The van der Waals surface area contributed by atoms with Gasteiger partial charge in [-0.2, -0.15) is 0 Å². The monoisotopic (exact) mass is 271 g/mol. The second-order valence-electron chi connectivity index (χ2n) is 5.99. The second kappa shape index (κ2) is 4.86. The van der Waals surface area contributed by atoms with Crippen molar-refractivity contribution in [2.24, 2.45) is 5.73 Å². The third-order valence-electron chi connectivity index (χ3n) is 4.52. The summed E-state index contributed by atoms with van der Waals surface area (Å²) in [6, 6.07) is 7.15. The van der Waals surface area contributed by atoms with E-state index >= 15 is 0 Å². The van der Waals surface area contributed by atoms with Crippen LogP contribution in [0, 0.1) is 0 Å². The molecule has 2 aromatic rings. The number of fused-ring (bicyclic) bond motifs is 1. The van der Waals surface area contributed by atoms with Crippen LogP contribution < -0.4 is 5.73 Å². The molecule has 0 unspecified atom stereocenters. The number of hydrogen-bond acceptors (Lipinski definition) is 3. The predicted octanol–water partition coefficient (Wildman–Crippen LogP) is 2.72. The predicted molar refractivity (Wildman–Crippen MR) is 78.7 cm³/mol. The van der Waals surface area contributed by atoms with Gasteiger partial charge in [-0.15, -0.1) is 0 Å². The van der Waals surface area contributed by atoms with Gasteiger partial charge in [-0.25, -0.2) is 4.98 Å². The minimum Gasteiger partial charge on any atom is -0.381 e. The van der Waals surface area contributed by atoms with Crippen LogP contribution in [0.2, 0.25) is 0 Å². The summed E-state index contributed by atoms with van der Waals surface area (Å²) in [6.07, 6.45) is 4.78. The average molecular weight is 271 g/mol. The molecule has 2 fully saturated rings. The van der Waals surface area contributed by atoms with Crippen molar-refractivity contribution in [3.8, 4) is 0 Å². The van der Waals surface area contributed by atoms with E-state index in [0.29, 0.717) is 18.5 Å². The molecule has 1 aromatic heterocycles. The third kappa shape index (κ3) is 2.03. The molecule has 2 aliphatic rings. The van der Waals surface area contributed by atoms with Crippen LogP contribution in [-0.2, 0) is 11.3 Å². The highest BCUT2D eigenvalue weighted by molar-refractivity contribution is 5.77. The molecule has 4 nitrogen and oxygen atoms in total. The van der Waals surface area contributed by atoms with Crippen molar-refractivity contribution < 1.29 is 4.74 Å². The zero-order valence-electron chi connectivity index (χ0n) is 11.7. The standard InChI is InChI=1S/C16H21N3O/c17-10-11-1-4-15-14(9-11)18-16(19(15)13-2-3-13)12-5-7-20-8-6-12/h1,4,9,12-13H,2-3,5-8,10,17H2. The van der Waals surface area contributed by atoms with Gasteiger partial charge in [-0.1, -0.05) is 6.07 Å². The Balaban J connectivity index is 1.83. The van der Waals surface area contributed by atoms with Crippen LogP contribution in [0.3, 0.4) is 0 Å². The van der Waals surface area contributed by atoms with Gasteiger partial charge in [0.05, 0.1) is 11.0 Å². The Hall–Kier alpha value is -1.39. The molecule has 0 bridgehead atoms. The summed E-state index contributed by atoms with van der Waals surface area (Å²) in [5.41, 5.74) is 9.31. The zero-order chi connectivity index (χ0) is 13.5. The topological polar surface area (TPSA) is 53.1 Å². The summed E-state index contributed by atoms with van der Waals surface area (Å²) in [5, 5.41) is 0. The van der Waals surface area contributed by atoms with Gasteiger partial charge in [0.25, 0.3) is 0 Å². The highest BCUT2D eigenvalue weighted by Crippen LogP contribution is 2.41. The molecule has 20 heavy (non-hydrogen) atoms. The van der Waals surface area contributed by atoms with Gasteiger partial charge in [0.15, 0.2) is 0 Å². The van der Waals surface area contributed by atoms with Crippen molar-refractivity contribution in [1.82, 2.24) is 9.55 Å². The lowest BCUT2D eigenvalue weighted by Crippen LogP contribution is -2.17. The van der Waals surface area contributed by atoms with Crippen LogP contribution in [0.1, 0.15) is 49.0 Å². The number of nitrogens with two attached hydrogens (primary N) is 1. The highest BCUT2D eigenvalue weighted by atomic mass is 16.5. The maximum absolute atomic E-state index is 5.75. The molecule has 1 aliphatic heterocycles. The summed E-state index contributed by atoms with van der Waals surface area (Å²) in [7, 11) is 0. The van der Waals surface area contributed by atoms with E-state index < -0.39 is 0 Å². The fraction of sp³-hybridized carbons (Fsp3) is 0.562. The Morgan fingerprint density at radius 2 is 2.00 bits per heavy atom. The first-order chi connectivity index (χ1) is 9.86. The molecule has 0 atom stereocenters. The van der Waals surface area contributed by atoms with Crippen molar-refractivity contribution in [2.75, 3.05) is 13.2 Å². The number of aromatic nitrogens is 2. The Morgan fingerprint density at radius 1 is 1.20 bits per heavy atom. The minimum atomic E-state index is 0.554. The smallest absolute Gasteiger partial charge is 0.113 e. The van der Waals surface area contributed by atoms with Crippen LogP contribution >= 0.6 is 0 Å². The minimum absolute atomic E-state index is 0.554. The highest BCUT2D eigenvalue weighted by Gasteiger charge is 2.31. The molecule has 0 radical (unpaired) electrons. The molecule has 4 heteroatoms. The van der Waals surface area contributed by atoms with E-state index in [2.05, 4.69) is 22.8 Å². The summed E-state index contributed by atoms with van der Waals surface area (Å²) < 4.78 is 7.99. The maximum atomic E-state index is 5.75. The SMILES string of the molecule is NCc1ccc2c(c1)nc(C1CCOCC1)n2C1CC1. The molecular formula is C16H21N3O. The van der Waals surface area contributed by atoms with Gasteiger partial charge in [0.2, 0.25) is 0 Å². The summed E-state index contributed by atoms with van der Waals surface area (Å²) in [4.78, 5) is 4.96. The second-order valence-corrected chi connectivity index (χ2v) is 5.99. The molecule has 1 saturated heterocycles. The molecule has 0 spiro atoms. The molecule has 1 saturated carbocycles. The normalized spacial score (nSPS) is 20.6. The van der Waals surface area contributed by atoms with E-state index in [9.17, 15) is 0 Å². The number of benzene rings is 1. The Morgan fingerprint density at radius 3 is 2.70 bits per heavy atom. The quantitative estimate of drug-likeness (QED) is 0.934. The first-order valence-corrected chi connectivity index (χ1v) is 7.65. The lowest BCUT2D eigenvalue weighted by Gasteiger charge is -2.22. The van der Waals surface area contributed by atoms with Crippen molar-refractivity contribution >= 4 is 11.0 Å². The van der Waals surface area contributed by atoms with Crippen molar-refractivity contribution in [1.29, 1.82) is 0 Å². The molecule has 4 rings (SSSR count). The van der Waals surface area contributed by atoms with Gasteiger partial charge >= 0.3 is 0 Å². The van der Waals surface area contributed by atoms with Gasteiger partial charge in [0.1, 0.15) is 5.82 Å². The molecule has 106 valence electrons. The fourth-order valence-corrected chi connectivity index (χ4v) is 3.25. The van der Waals surface area contributed by atoms with Crippen molar-refractivity contribution in [3.63, 3.8) is 0 Å². The number of imidazole rings is 1. The Bertz CT molecular complexity index is 624. The van der Waals surface area contributed by atoms with Crippen molar-refractivity contribution in [3.05, 3.63) is 29.6 Å². The fourth-order valence-electron chi connectivity index (χ4n) is 3.25. The van der Waals surface area contributed by atoms with Gasteiger partial charge in [0, 0.05) is 31.7 Å². The van der Waals surface area contributed by atoms with E-state index in [-0.39, 0.29) is 0 Å². The largest absolute Gasteiger partial charge is 0.381 e. The third-order valence-corrected chi connectivity index (χ3v) is 4.52. The summed E-state index contributed by atoms with van der Waals surface area (Å²) in [5.74, 6) is 1.83. The van der Waals surface area contributed by atoms with Crippen LogP contribution in [0.4, 0.5) is 0 Å². The first kappa shape index (κ1) is 12.4. The van der Waals surface area contributed by atoms with E-state index in [0.717, 1.165) is 37.1 Å². The van der Waals surface area contributed by atoms with Crippen LogP contribution in [0.15, 0.2) is 18.2 Å². The number of hydrogen-bond donors (Lipinski definition) is 1. The molecule has 2 heterocycles. The lowest BCUT2D eigenvalue weighted by molar-refractivity contribution is 0.0829. The first-order valence-electron chi connectivity index (χ1n) is 7.65. The van der Waals surface area contributed by atoms with Crippen molar-refractivity contribution in [2.45, 2.75) is 44.2 Å². The molecule has 0 amide bonds. The van der Waals surface area contributed by atoms with Crippen LogP contribution in [0.25, 0.3) is 11.0 Å². The van der Waals surface area contributed by atoms with E-state index in [1.54, 1.807) is 0 Å². The Kier molecular flexibility index (Phi) is 3.00. The Labute approximate surface area is 118 Å². The van der Waals surface area contributed by atoms with E-state index in [1.807, 2.05) is 0 Å². The van der Waals surface area contributed by atoms with E-state index in [4.69, 9.17) is 15.5 Å². The molecule has 2 N–H and O–H groups in total. The summed E-state index contributed by atoms with van der Waals surface area (Å²) in [6.45, 7) is 2.32. The van der Waals surface area contributed by atoms with Gasteiger partial charge in [-0.3, -0.25) is 0 Å². The lowest BCUT2D eigenvalue weighted by atomic mass is 9.99. The zero-order valence-corrected chi connectivity index (χ0v) is 11.7. The van der Waals surface area contributed by atoms with Crippen LogP contribution in [-0.4, -0.2) is 22.8 Å². The van der Waals surface area contributed by atoms with Gasteiger partial charge in [-0.05, 0) is 43.4 Å². The van der Waals surface area contributed by atoms with Gasteiger partial charge < -0.3 is 15.0 Å². The maximum Gasteiger partial charge on any atom is 0.113 e. The molecule has 1 aromatic carbocycles. The number of rotatable bonds is 3. The number of nitrogens with zero attached hydrogens (tertiary/aromatic N) is 2.